The minimum Gasteiger partial charge on any atom is -0.354 e. The summed E-state index contributed by atoms with van der Waals surface area (Å²) in [6.07, 6.45) is 1.53. The van der Waals surface area contributed by atoms with Crippen molar-refractivity contribution in [2.24, 2.45) is 0 Å². The Morgan fingerprint density at radius 2 is 2.12 bits per heavy atom. The van der Waals surface area contributed by atoms with Crippen LogP contribution in [0.1, 0.15) is 12.8 Å². The number of carbonyl (C=O) groups excluding carboxylic acids is 3. The number of piperazine rings is 1. The van der Waals surface area contributed by atoms with Gasteiger partial charge in [-0.2, -0.15) is 0 Å². The van der Waals surface area contributed by atoms with Gasteiger partial charge in [-0.25, -0.2) is 0 Å². The molecule has 94 valence electrons. The molecule has 17 heavy (non-hydrogen) atoms. The molecule has 0 aromatic rings. The van der Waals surface area contributed by atoms with Crippen LogP contribution in [0.15, 0.2) is 0 Å². The highest BCUT2D eigenvalue weighted by atomic mass is 16.2. The van der Waals surface area contributed by atoms with Crippen LogP contribution in [0.4, 0.5) is 0 Å². The molecular formula is C10H16N4O3. The molecule has 0 bridgehead atoms. The molecule has 0 saturated carbocycles. The van der Waals surface area contributed by atoms with Crippen LogP contribution in [0.2, 0.25) is 0 Å². The Balaban J connectivity index is 1.83. The summed E-state index contributed by atoms with van der Waals surface area (Å²) >= 11 is 0. The second-order valence-electron chi connectivity index (χ2n) is 4.23. The highest BCUT2D eigenvalue weighted by Crippen LogP contribution is 2.03. The summed E-state index contributed by atoms with van der Waals surface area (Å²) in [6.45, 7) is 1.07. The summed E-state index contributed by atoms with van der Waals surface area (Å²) in [4.78, 5) is 34.2. The number of piperidine rings is 1. The monoisotopic (exact) mass is 240 g/mol. The average molecular weight is 240 g/mol. The molecule has 2 fully saturated rings. The fourth-order valence-corrected chi connectivity index (χ4v) is 1.93. The topological polar surface area (TPSA) is 99.3 Å². The first kappa shape index (κ1) is 11.8. The third-order valence-corrected chi connectivity index (χ3v) is 2.93. The van der Waals surface area contributed by atoms with Crippen molar-refractivity contribution in [3.8, 4) is 0 Å². The molecule has 0 radical (unpaired) electrons. The van der Waals surface area contributed by atoms with Crippen LogP contribution in [0.25, 0.3) is 0 Å². The number of hydrogen-bond acceptors (Lipinski definition) is 4. The largest absolute Gasteiger partial charge is 0.354 e. The second kappa shape index (κ2) is 5.13. The van der Waals surface area contributed by atoms with Gasteiger partial charge in [0.1, 0.15) is 12.1 Å². The normalized spacial score (nSPS) is 29.2. The Labute approximate surface area is 98.7 Å². The summed E-state index contributed by atoms with van der Waals surface area (Å²) < 4.78 is 0. The Bertz CT molecular complexity index is 334. The molecule has 4 N–H and O–H groups in total. The number of nitrogens with one attached hydrogen (secondary N) is 4. The van der Waals surface area contributed by atoms with E-state index >= 15 is 0 Å². The molecule has 2 atom stereocenters. The zero-order valence-corrected chi connectivity index (χ0v) is 9.41. The van der Waals surface area contributed by atoms with Gasteiger partial charge in [-0.1, -0.05) is 0 Å². The average Bonchev–Trinajstić information content (AvgIpc) is 2.33. The Kier molecular flexibility index (Phi) is 3.58. The van der Waals surface area contributed by atoms with E-state index < -0.39 is 12.1 Å². The van der Waals surface area contributed by atoms with Crippen molar-refractivity contribution in [2.45, 2.75) is 24.9 Å². The van der Waals surface area contributed by atoms with Crippen molar-refractivity contribution >= 4 is 17.7 Å². The van der Waals surface area contributed by atoms with Crippen molar-refractivity contribution in [1.29, 1.82) is 0 Å². The highest BCUT2D eigenvalue weighted by molar-refractivity contribution is 5.91. The van der Waals surface area contributed by atoms with Crippen LogP contribution in [-0.4, -0.2) is 49.4 Å². The molecular weight excluding hydrogens is 224 g/mol. The van der Waals surface area contributed by atoms with E-state index in [1.165, 1.54) is 0 Å². The van der Waals surface area contributed by atoms with Crippen LogP contribution in [-0.2, 0) is 14.4 Å². The van der Waals surface area contributed by atoms with E-state index in [-0.39, 0.29) is 30.8 Å². The fraction of sp³-hybridized carbons (Fsp3) is 0.700. The molecule has 2 aliphatic heterocycles. The molecule has 7 heteroatoms. The second-order valence-corrected chi connectivity index (χ2v) is 4.23. The van der Waals surface area contributed by atoms with E-state index in [0.29, 0.717) is 13.0 Å². The van der Waals surface area contributed by atoms with Crippen LogP contribution in [0.3, 0.4) is 0 Å². The molecule has 0 aliphatic carbocycles. The molecule has 3 amide bonds. The quantitative estimate of drug-likeness (QED) is 0.427. The summed E-state index contributed by atoms with van der Waals surface area (Å²) in [6, 6.07) is -0.905. The maximum Gasteiger partial charge on any atom is 0.242 e. The number of amides is 3. The Hall–Kier alpha value is -1.63. The molecule has 0 aromatic heterocycles. The maximum absolute atomic E-state index is 11.8. The minimum atomic E-state index is -0.456. The highest BCUT2D eigenvalue weighted by Gasteiger charge is 2.29. The Morgan fingerprint density at radius 1 is 1.29 bits per heavy atom. The number of rotatable bonds is 2. The number of hydrogen-bond donors (Lipinski definition) is 4. The smallest absolute Gasteiger partial charge is 0.242 e. The molecule has 2 aliphatic rings. The van der Waals surface area contributed by atoms with Crippen molar-refractivity contribution in [1.82, 2.24) is 21.3 Å². The van der Waals surface area contributed by atoms with Crippen molar-refractivity contribution in [3.05, 3.63) is 0 Å². The van der Waals surface area contributed by atoms with Crippen LogP contribution in [0, 0.1) is 0 Å². The van der Waals surface area contributed by atoms with E-state index in [1.54, 1.807) is 0 Å². The van der Waals surface area contributed by atoms with E-state index in [1.807, 2.05) is 0 Å². The molecule has 2 heterocycles. The maximum atomic E-state index is 11.8. The van der Waals surface area contributed by atoms with Crippen LogP contribution in [0.5, 0.6) is 0 Å². The van der Waals surface area contributed by atoms with E-state index in [2.05, 4.69) is 21.3 Å². The first-order valence-corrected chi connectivity index (χ1v) is 5.75. The van der Waals surface area contributed by atoms with Gasteiger partial charge in [-0.3, -0.25) is 19.7 Å². The minimum absolute atomic E-state index is 0.121. The van der Waals surface area contributed by atoms with Crippen LogP contribution < -0.4 is 21.3 Å². The van der Waals surface area contributed by atoms with Crippen molar-refractivity contribution in [2.75, 3.05) is 19.6 Å². The van der Waals surface area contributed by atoms with Crippen LogP contribution >= 0.6 is 0 Å². The lowest BCUT2D eigenvalue weighted by molar-refractivity contribution is -0.132. The Morgan fingerprint density at radius 3 is 2.76 bits per heavy atom. The predicted octanol–water partition coefficient (Wildman–Crippen LogP) is -2.53. The van der Waals surface area contributed by atoms with Gasteiger partial charge in [0.25, 0.3) is 0 Å². The predicted molar refractivity (Wildman–Crippen MR) is 59.0 cm³/mol. The third-order valence-electron chi connectivity index (χ3n) is 2.93. The van der Waals surface area contributed by atoms with Gasteiger partial charge >= 0.3 is 0 Å². The van der Waals surface area contributed by atoms with E-state index in [4.69, 9.17) is 0 Å². The fourth-order valence-electron chi connectivity index (χ4n) is 1.93. The molecule has 2 saturated heterocycles. The number of carbonyl (C=O) groups is 3. The first-order valence-electron chi connectivity index (χ1n) is 5.75. The summed E-state index contributed by atoms with van der Waals surface area (Å²) in [7, 11) is 0. The molecule has 0 spiro atoms. The molecule has 7 nitrogen and oxygen atoms in total. The zero-order chi connectivity index (χ0) is 12.3. The van der Waals surface area contributed by atoms with Gasteiger partial charge < -0.3 is 16.0 Å². The zero-order valence-electron chi connectivity index (χ0n) is 9.41. The van der Waals surface area contributed by atoms with E-state index in [0.717, 1.165) is 6.42 Å². The summed E-state index contributed by atoms with van der Waals surface area (Å²) in [5, 5.41) is 10.8. The molecule has 2 unspecified atom stereocenters. The summed E-state index contributed by atoms with van der Waals surface area (Å²) in [5.74, 6) is -0.499. The van der Waals surface area contributed by atoms with Gasteiger partial charge in [0, 0.05) is 13.1 Å². The molecule has 0 aromatic carbocycles. The molecule has 2 rings (SSSR count). The SMILES string of the molecule is O=C1CNC(C(=O)NC2CCCNC2=O)CN1. The van der Waals surface area contributed by atoms with Gasteiger partial charge in [-0.05, 0) is 12.8 Å². The van der Waals surface area contributed by atoms with E-state index in [9.17, 15) is 14.4 Å². The lowest BCUT2D eigenvalue weighted by atomic mass is 10.1. The standard InChI is InChI=1S/C10H16N4O3/c15-8-5-12-7(4-13-8)10(17)14-6-2-1-3-11-9(6)16/h6-7,12H,1-5H2,(H,11,16)(H,13,15)(H,14,17). The van der Waals surface area contributed by atoms with Gasteiger partial charge in [0.2, 0.25) is 17.7 Å². The lowest BCUT2D eigenvalue weighted by Crippen LogP contribution is -2.61. The lowest BCUT2D eigenvalue weighted by Gasteiger charge is -2.27. The van der Waals surface area contributed by atoms with Gasteiger partial charge in [0.05, 0.1) is 6.54 Å². The van der Waals surface area contributed by atoms with Crippen molar-refractivity contribution < 1.29 is 14.4 Å². The van der Waals surface area contributed by atoms with Gasteiger partial charge in [0.15, 0.2) is 0 Å². The summed E-state index contributed by atoms with van der Waals surface area (Å²) in [5.41, 5.74) is 0. The van der Waals surface area contributed by atoms with Crippen molar-refractivity contribution in [3.63, 3.8) is 0 Å². The third kappa shape index (κ3) is 2.94. The van der Waals surface area contributed by atoms with Gasteiger partial charge in [-0.15, -0.1) is 0 Å². The first-order chi connectivity index (χ1) is 8.16.